The Hall–Kier alpha value is -1.22. The van der Waals surface area contributed by atoms with Crippen molar-refractivity contribution in [3.63, 3.8) is 0 Å². The maximum atomic E-state index is 12.4. The van der Waals surface area contributed by atoms with E-state index in [2.05, 4.69) is 46.5 Å². The van der Waals surface area contributed by atoms with Gasteiger partial charge in [0.1, 0.15) is 5.82 Å². The molecule has 0 saturated carbocycles. The first-order valence-electron chi connectivity index (χ1n) is 6.34. The van der Waals surface area contributed by atoms with E-state index in [1.165, 1.54) is 0 Å². The van der Waals surface area contributed by atoms with Crippen LogP contribution in [0.2, 0.25) is 0 Å². The summed E-state index contributed by atoms with van der Waals surface area (Å²) in [4.78, 5) is 7.61. The number of hydrogen-bond acceptors (Lipinski definition) is 3. The van der Waals surface area contributed by atoms with Crippen LogP contribution in [0.1, 0.15) is 5.82 Å². The van der Waals surface area contributed by atoms with E-state index in [9.17, 15) is 8.42 Å². The summed E-state index contributed by atoms with van der Waals surface area (Å²) in [6.07, 6.45) is 0. The van der Waals surface area contributed by atoms with Crippen LogP contribution in [0.4, 0.5) is 0 Å². The number of halogens is 2. The van der Waals surface area contributed by atoms with E-state index in [1.807, 2.05) is 24.3 Å². The fourth-order valence-electron chi connectivity index (χ4n) is 2.01. The number of imidazole rings is 1. The number of aromatic amines is 1. The van der Waals surface area contributed by atoms with Crippen LogP contribution in [0.3, 0.4) is 0 Å². The standard InChI is InChI=1S/C14H11Br2N3O2S/c15-9-5-6-10(16)13(7-9)22(20,21)17-8-14-18-11-3-1-2-4-12(11)19-14/h1-7,17H,8H2,(H,18,19). The quantitative estimate of drug-likeness (QED) is 0.645. The summed E-state index contributed by atoms with van der Waals surface area (Å²) in [5, 5.41) is 0. The van der Waals surface area contributed by atoms with Gasteiger partial charge in [0.25, 0.3) is 0 Å². The van der Waals surface area contributed by atoms with Gasteiger partial charge in [-0.05, 0) is 46.3 Å². The Balaban J connectivity index is 1.84. The molecule has 22 heavy (non-hydrogen) atoms. The van der Waals surface area contributed by atoms with Crippen molar-refractivity contribution < 1.29 is 8.42 Å². The van der Waals surface area contributed by atoms with E-state index >= 15 is 0 Å². The lowest BCUT2D eigenvalue weighted by Crippen LogP contribution is -2.24. The van der Waals surface area contributed by atoms with Gasteiger partial charge in [0, 0.05) is 8.95 Å². The molecule has 0 radical (unpaired) electrons. The molecule has 0 amide bonds. The molecule has 0 bridgehead atoms. The lowest BCUT2D eigenvalue weighted by Gasteiger charge is -2.07. The number of para-hydroxylation sites is 2. The minimum atomic E-state index is -3.64. The van der Waals surface area contributed by atoms with E-state index < -0.39 is 10.0 Å². The molecule has 3 aromatic rings. The summed E-state index contributed by atoms with van der Waals surface area (Å²) >= 11 is 6.53. The number of fused-ring (bicyclic) bond motifs is 1. The van der Waals surface area contributed by atoms with E-state index in [0.29, 0.717) is 14.8 Å². The molecule has 0 aliphatic rings. The monoisotopic (exact) mass is 443 g/mol. The van der Waals surface area contributed by atoms with E-state index in [-0.39, 0.29) is 11.4 Å². The van der Waals surface area contributed by atoms with Crippen molar-refractivity contribution in [1.29, 1.82) is 0 Å². The van der Waals surface area contributed by atoms with Gasteiger partial charge in [-0.3, -0.25) is 0 Å². The highest BCUT2D eigenvalue weighted by Crippen LogP contribution is 2.25. The Morgan fingerprint density at radius 1 is 1.14 bits per heavy atom. The van der Waals surface area contributed by atoms with Crippen molar-refractivity contribution in [3.05, 3.63) is 57.2 Å². The van der Waals surface area contributed by atoms with Gasteiger partial charge in [-0.25, -0.2) is 18.1 Å². The Bertz CT molecular complexity index is 905. The van der Waals surface area contributed by atoms with Gasteiger partial charge in [0.2, 0.25) is 10.0 Å². The Kier molecular flexibility index (Phi) is 4.35. The predicted molar refractivity (Wildman–Crippen MR) is 92.0 cm³/mol. The van der Waals surface area contributed by atoms with Crippen LogP contribution in [0.5, 0.6) is 0 Å². The Morgan fingerprint density at radius 2 is 1.91 bits per heavy atom. The van der Waals surface area contributed by atoms with Crippen molar-refractivity contribution in [3.8, 4) is 0 Å². The average Bonchev–Trinajstić information content (AvgIpc) is 2.90. The molecule has 0 spiro atoms. The molecular formula is C14H11Br2N3O2S. The maximum absolute atomic E-state index is 12.4. The molecule has 0 aliphatic heterocycles. The van der Waals surface area contributed by atoms with Gasteiger partial charge in [0.15, 0.2) is 0 Å². The number of rotatable bonds is 4. The van der Waals surface area contributed by atoms with E-state index in [1.54, 1.807) is 18.2 Å². The molecule has 0 unspecified atom stereocenters. The summed E-state index contributed by atoms with van der Waals surface area (Å²) < 4.78 is 28.5. The second-order valence-corrected chi connectivity index (χ2v) is 8.11. The third-order valence-electron chi connectivity index (χ3n) is 3.05. The van der Waals surface area contributed by atoms with Crippen LogP contribution >= 0.6 is 31.9 Å². The summed E-state index contributed by atoms with van der Waals surface area (Å²) in [5.74, 6) is 0.566. The van der Waals surface area contributed by atoms with Crippen LogP contribution in [0.25, 0.3) is 11.0 Å². The van der Waals surface area contributed by atoms with Crippen molar-refractivity contribution in [2.75, 3.05) is 0 Å². The number of nitrogens with one attached hydrogen (secondary N) is 2. The highest BCUT2D eigenvalue weighted by atomic mass is 79.9. The van der Waals surface area contributed by atoms with E-state index in [4.69, 9.17) is 0 Å². The summed E-state index contributed by atoms with van der Waals surface area (Å²) in [5.41, 5.74) is 1.68. The molecule has 114 valence electrons. The smallest absolute Gasteiger partial charge is 0.242 e. The first-order chi connectivity index (χ1) is 10.5. The number of benzene rings is 2. The fourth-order valence-corrected chi connectivity index (χ4v) is 4.50. The summed E-state index contributed by atoms with van der Waals surface area (Å²) in [6, 6.07) is 12.5. The first kappa shape index (κ1) is 15.7. The number of H-pyrrole nitrogens is 1. The number of sulfonamides is 1. The molecule has 5 nitrogen and oxygen atoms in total. The second kappa shape index (κ2) is 6.11. The molecule has 1 heterocycles. The van der Waals surface area contributed by atoms with Gasteiger partial charge >= 0.3 is 0 Å². The van der Waals surface area contributed by atoms with Crippen molar-refractivity contribution in [2.45, 2.75) is 11.4 Å². The van der Waals surface area contributed by atoms with Crippen molar-refractivity contribution in [1.82, 2.24) is 14.7 Å². The third kappa shape index (κ3) is 3.24. The molecule has 2 N–H and O–H groups in total. The molecule has 2 aromatic carbocycles. The predicted octanol–water partition coefficient (Wildman–Crippen LogP) is 3.57. The van der Waals surface area contributed by atoms with E-state index in [0.717, 1.165) is 11.0 Å². The maximum Gasteiger partial charge on any atom is 0.242 e. The van der Waals surface area contributed by atoms with Gasteiger partial charge in [-0.15, -0.1) is 0 Å². The lowest BCUT2D eigenvalue weighted by molar-refractivity contribution is 0.579. The molecule has 1 aromatic heterocycles. The fraction of sp³-hybridized carbons (Fsp3) is 0.0714. The average molecular weight is 445 g/mol. The zero-order valence-corrected chi connectivity index (χ0v) is 15.2. The lowest BCUT2D eigenvalue weighted by atomic mass is 10.3. The molecular weight excluding hydrogens is 434 g/mol. The van der Waals surface area contributed by atoms with Crippen LogP contribution in [0, 0.1) is 0 Å². The minimum Gasteiger partial charge on any atom is -0.341 e. The van der Waals surface area contributed by atoms with Gasteiger partial charge in [0.05, 0.1) is 22.5 Å². The third-order valence-corrected chi connectivity index (χ3v) is 5.94. The number of hydrogen-bond donors (Lipinski definition) is 2. The molecule has 0 aliphatic carbocycles. The van der Waals surface area contributed by atoms with Crippen molar-refractivity contribution >= 4 is 52.9 Å². The number of aromatic nitrogens is 2. The van der Waals surface area contributed by atoms with Gasteiger partial charge in [-0.2, -0.15) is 0 Å². The van der Waals surface area contributed by atoms with Crippen LogP contribution in [-0.4, -0.2) is 18.4 Å². The SMILES string of the molecule is O=S(=O)(NCc1nc2ccccc2[nH]1)c1cc(Br)ccc1Br. The normalized spacial score (nSPS) is 11.9. The van der Waals surface area contributed by atoms with Gasteiger partial charge in [-0.1, -0.05) is 28.1 Å². The zero-order valence-electron chi connectivity index (χ0n) is 11.2. The summed E-state index contributed by atoms with van der Waals surface area (Å²) in [6.45, 7) is 0.0932. The highest BCUT2D eigenvalue weighted by molar-refractivity contribution is 9.11. The second-order valence-electron chi connectivity index (χ2n) is 4.60. The van der Waals surface area contributed by atoms with Crippen LogP contribution < -0.4 is 4.72 Å². The molecule has 3 rings (SSSR count). The largest absolute Gasteiger partial charge is 0.341 e. The first-order valence-corrected chi connectivity index (χ1v) is 9.41. The molecule has 0 atom stereocenters. The molecule has 8 heteroatoms. The van der Waals surface area contributed by atoms with Crippen LogP contribution in [-0.2, 0) is 16.6 Å². The number of nitrogens with zero attached hydrogens (tertiary/aromatic N) is 1. The van der Waals surface area contributed by atoms with Crippen molar-refractivity contribution in [2.24, 2.45) is 0 Å². The Labute approximate surface area is 144 Å². The molecule has 0 saturated heterocycles. The zero-order chi connectivity index (χ0) is 15.7. The molecule has 0 fully saturated rings. The van der Waals surface area contributed by atoms with Gasteiger partial charge < -0.3 is 4.98 Å². The van der Waals surface area contributed by atoms with Crippen LogP contribution in [0.15, 0.2) is 56.3 Å². The Morgan fingerprint density at radius 3 is 2.68 bits per heavy atom. The minimum absolute atomic E-state index is 0.0932. The highest BCUT2D eigenvalue weighted by Gasteiger charge is 2.18. The topological polar surface area (TPSA) is 74.8 Å². The summed E-state index contributed by atoms with van der Waals surface area (Å²) in [7, 11) is -3.64.